The van der Waals surface area contributed by atoms with Crippen LogP contribution in [-0.4, -0.2) is 23.3 Å². The fourth-order valence-electron chi connectivity index (χ4n) is 2.21. The van der Waals surface area contributed by atoms with Gasteiger partial charge in [0.1, 0.15) is 12.4 Å². The molecule has 2 rings (SSSR count). The van der Waals surface area contributed by atoms with Gasteiger partial charge in [-0.15, -0.1) is 0 Å². The first kappa shape index (κ1) is 16.5. The van der Waals surface area contributed by atoms with E-state index >= 15 is 0 Å². The number of ether oxygens (including phenoxy) is 1. The van der Waals surface area contributed by atoms with E-state index in [1.165, 1.54) is 0 Å². The largest absolute Gasteiger partial charge is 0.489 e. The second kappa shape index (κ2) is 8.54. The molecule has 0 saturated heterocycles. The van der Waals surface area contributed by atoms with Gasteiger partial charge in [-0.1, -0.05) is 43.3 Å². The van der Waals surface area contributed by atoms with Gasteiger partial charge in [-0.25, -0.2) is 0 Å². The van der Waals surface area contributed by atoms with Gasteiger partial charge >= 0.3 is 0 Å². The predicted octanol–water partition coefficient (Wildman–Crippen LogP) is 2.40. The molecular weight excluding hydrogens is 278 g/mol. The van der Waals surface area contributed by atoms with Crippen LogP contribution in [0, 0.1) is 0 Å². The van der Waals surface area contributed by atoms with E-state index in [0.29, 0.717) is 24.5 Å². The molecule has 0 aliphatic carbocycles. The quantitative estimate of drug-likeness (QED) is 0.700. The molecule has 118 valence electrons. The summed E-state index contributed by atoms with van der Waals surface area (Å²) in [7, 11) is 0. The van der Waals surface area contributed by atoms with Gasteiger partial charge in [0.15, 0.2) is 0 Å². The summed E-state index contributed by atoms with van der Waals surface area (Å²) >= 11 is 0. The highest BCUT2D eigenvalue weighted by Gasteiger charge is 2.11. The van der Waals surface area contributed by atoms with Crippen molar-refractivity contribution >= 4 is 0 Å². The molecule has 22 heavy (non-hydrogen) atoms. The molecule has 0 heterocycles. The normalized spacial score (nSPS) is 12.1. The molecule has 1 atom stereocenters. The molecule has 3 N–H and O–H groups in total. The predicted molar refractivity (Wildman–Crippen MR) is 86.6 cm³/mol. The highest BCUT2D eigenvalue weighted by molar-refractivity contribution is 5.38. The number of rotatable bonds is 8. The maximum Gasteiger partial charge on any atom is 0.125 e. The Kier molecular flexibility index (Phi) is 6.40. The number of hydrogen-bond donors (Lipinski definition) is 3. The van der Waals surface area contributed by atoms with E-state index in [4.69, 9.17) is 4.74 Å². The lowest BCUT2D eigenvalue weighted by molar-refractivity contribution is 0.175. The van der Waals surface area contributed by atoms with E-state index in [-0.39, 0.29) is 6.61 Å². The van der Waals surface area contributed by atoms with Crippen LogP contribution in [0.4, 0.5) is 0 Å². The van der Waals surface area contributed by atoms with Gasteiger partial charge in [0.2, 0.25) is 0 Å². The summed E-state index contributed by atoms with van der Waals surface area (Å²) in [6.07, 6.45) is -0.589. The second-order valence-corrected chi connectivity index (χ2v) is 5.12. The first-order valence-electron chi connectivity index (χ1n) is 7.53. The Balaban J connectivity index is 2.05. The molecule has 0 bridgehead atoms. The summed E-state index contributed by atoms with van der Waals surface area (Å²) in [5, 5.41) is 22.7. The molecule has 0 radical (unpaired) electrons. The van der Waals surface area contributed by atoms with Gasteiger partial charge in [0.05, 0.1) is 12.7 Å². The zero-order valence-corrected chi connectivity index (χ0v) is 12.8. The van der Waals surface area contributed by atoms with Gasteiger partial charge in [0.25, 0.3) is 0 Å². The third-order valence-corrected chi connectivity index (χ3v) is 3.46. The van der Waals surface area contributed by atoms with Crippen molar-refractivity contribution in [3.63, 3.8) is 0 Å². The minimum absolute atomic E-state index is 0.119. The van der Waals surface area contributed by atoms with E-state index in [1.807, 2.05) is 43.3 Å². The van der Waals surface area contributed by atoms with E-state index in [9.17, 15) is 10.2 Å². The van der Waals surface area contributed by atoms with Crippen molar-refractivity contribution in [2.75, 3.05) is 13.1 Å². The van der Waals surface area contributed by atoms with Gasteiger partial charge in [-0.05, 0) is 29.8 Å². The van der Waals surface area contributed by atoms with Crippen molar-refractivity contribution in [1.29, 1.82) is 0 Å². The lowest BCUT2D eigenvalue weighted by Gasteiger charge is -2.15. The van der Waals surface area contributed by atoms with Crippen LogP contribution in [0.1, 0.15) is 29.7 Å². The Labute approximate surface area is 131 Å². The third kappa shape index (κ3) is 4.56. The van der Waals surface area contributed by atoms with Crippen molar-refractivity contribution in [2.24, 2.45) is 0 Å². The average Bonchev–Trinajstić information content (AvgIpc) is 2.58. The van der Waals surface area contributed by atoms with Gasteiger partial charge in [0, 0.05) is 12.1 Å². The van der Waals surface area contributed by atoms with Crippen molar-refractivity contribution < 1.29 is 14.9 Å². The molecular formula is C18H23NO3. The number of nitrogens with one attached hydrogen (secondary N) is 1. The topological polar surface area (TPSA) is 61.7 Å². The van der Waals surface area contributed by atoms with Gasteiger partial charge < -0.3 is 20.3 Å². The molecule has 0 fully saturated rings. The summed E-state index contributed by atoms with van der Waals surface area (Å²) in [6, 6.07) is 15.3. The first-order valence-corrected chi connectivity index (χ1v) is 7.53. The zero-order chi connectivity index (χ0) is 15.8. The molecule has 2 aromatic rings. The van der Waals surface area contributed by atoms with E-state index in [2.05, 4.69) is 5.32 Å². The van der Waals surface area contributed by atoms with Crippen LogP contribution in [0.3, 0.4) is 0 Å². The monoisotopic (exact) mass is 301 g/mol. The Morgan fingerprint density at radius 1 is 1.14 bits per heavy atom. The van der Waals surface area contributed by atoms with Crippen LogP contribution >= 0.6 is 0 Å². The molecule has 4 heteroatoms. The van der Waals surface area contributed by atoms with Crippen LogP contribution in [-0.2, 0) is 13.2 Å². The number of aliphatic hydroxyl groups is 2. The molecule has 0 aromatic heterocycles. The van der Waals surface area contributed by atoms with E-state index in [1.54, 1.807) is 12.1 Å². The SMILES string of the molecule is CCNCC(O)c1ccc(OCc2ccccc2)c(CO)c1. The minimum atomic E-state index is -0.589. The Hall–Kier alpha value is -1.88. The van der Waals surface area contributed by atoms with Crippen LogP contribution in [0.25, 0.3) is 0 Å². The lowest BCUT2D eigenvalue weighted by Crippen LogP contribution is -2.21. The number of aliphatic hydroxyl groups excluding tert-OH is 2. The highest BCUT2D eigenvalue weighted by Crippen LogP contribution is 2.24. The van der Waals surface area contributed by atoms with E-state index < -0.39 is 6.10 Å². The third-order valence-electron chi connectivity index (χ3n) is 3.46. The molecule has 0 amide bonds. The number of likely N-dealkylation sites (N-methyl/N-ethyl adjacent to an activating group) is 1. The van der Waals surface area contributed by atoms with Gasteiger partial charge in [-0.3, -0.25) is 0 Å². The fraction of sp³-hybridized carbons (Fsp3) is 0.333. The molecule has 0 aliphatic heterocycles. The average molecular weight is 301 g/mol. The second-order valence-electron chi connectivity index (χ2n) is 5.12. The molecule has 2 aromatic carbocycles. The summed E-state index contributed by atoms with van der Waals surface area (Å²) in [6.45, 7) is 3.62. The number of hydrogen-bond acceptors (Lipinski definition) is 4. The summed E-state index contributed by atoms with van der Waals surface area (Å²) in [5.41, 5.74) is 2.53. The van der Waals surface area contributed by atoms with Crippen molar-refractivity contribution in [1.82, 2.24) is 5.32 Å². The molecule has 0 aliphatic rings. The first-order chi connectivity index (χ1) is 10.7. The standard InChI is InChI=1S/C18H23NO3/c1-2-19-11-17(21)15-8-9-18(16(10-15)12-20)22-13-14-6-4-3-5-7-14/h3-10,17,19-21H,2,11-13H2,1H3. The van der Waals surface area contributed by atoms with Crippen LogP contribution < -0.4 is 10.1 Å². The van der Waals surface area contributed by atoms with Crippen molar-refractivity contribution in [2.45, 2.75) is 26.2 Å². The minimum Gasteiger partial charge on any atom is -0.489 e. The van der Waals surface area contributed by atoms with Crippen molar-refractivity contribution in [3.05, 3.63) is 65.2 Å². The Morgan fingerprint density at radius 3 is 2.59 bits per heavy atom. The molecule has 1 unspecified atom stereocenters. The maximum absolute atomic E-state index is 10.1. The summed E-state index contributed by atoms with van der Waals surface area (Å²) in [5.74, 6) is 0.644. The maximum atomic E-state index is 10.1. The summed E-state index contributed by atoms with van der Waals surface area (Å²) in [4.78, 5) is 0. The zero-order valence-electron chi connectivity index (χ0n) is 12.8. The van der Waals surface area contributed by atoms with Gasteiger partial charge in [-0.2, -0.15) is 0 Å². The Bertz CT molecular complexity index is 572. The van der Waals surface area contributed by atoms with Crippen molar-refractivity contribution in [3.8, 4) is 5.75 Å². The molecule has 4 nitrogen and oxygen atoms in total. The molecule has 0 spiro atoms. The van der Waals surface area contributed by atoms with E-state index in [0.717, 1.165) is 17.7 Å². The lowest BCUT2D eigenvalue weighted by atomic mass is 10.1. The fourth-order valence-corrected chi connectivity index (χ4v) is 2.21. The molecule has 0 saturated carbocycles. The van der Waals surface area contributed by atoms with Crippen LogP contribution in [0.2, 0.25) is 0 Å². The summed E-state index contributed by atoms with van der Waals surface area (Å²) < 4.78 is 5.77. The Morgan fingerprint density at radius 2 is 1.91 bits per heavy atom. The van der Waals surface area contributed by atoms with Crippen LogP contribution in [0.15, 0.2) is 48.5 Å². The number of benzene rings is 2. The van der Waals surface area contributed by atoms with Crippen LogP contribution in [0.5, 0.6) is 5.75 Å². The highest BCUT2D eigenvalue weighted by atomic mass is 16.5. The smallest absolute Gasteiger partial charge is 0.125 e.